The van der Waals surface area contributed by atoms with E-state index in [2.05, 4.69) is 39.6 Å². The molecule has 1 aliphatic rings. The molecular formula is C39H55N3O7-2. The summed E-state index contributed by atoms with van der Waals surface area (Å²) in [6.07, 6.45) is 7.24. The number of hydrogen-bond donors (Lipinski definition) is 1. The number of hydrogen-bond acceptors (Lipinski definition) is 9. The summed E-state index contributed by atoms with van der Waals surface area (Å²) in [6.45, 7) is 9.92. The molecule has 1 N–H and O–H groups in total. The lowest BCUT2D eigenvalue weighted by molar-refractivity contribution is -0.261. The van der Waals surface area contributed by atoms with Crippen molar-refractivity contribution in [1.29, 1.82) is 0 Å². The Balaban J connectivity index is 1.37. The van der Waals surface area contributed by atoms with Gasteiger partial charge in [0.1, 0.15) is 18.2 Å². The van der Waals surface area contributed by atoms with Gasteiger partial charge in [-0.3, -0.25) is 19.6 Å². The van der Waals surface area contributed by atoms with Crippen molar-refractivity contribution in [2.45, 2.75) is 129 Å². The molecule has 0 heterocycles. The van der Waals surface area contributed by atoms with Crippen molar-refractivity contribution in [2.24, 2.45) is 9.98 Å². The summed E-state index contributed by atoms with van der Waals surface area (Å²) in [4.78, 5) is 32.7. The highest BCUT2D eigenvalue weighted by Gasteiger charge is 2.27. The molecule has 0 spiro atoms. The number of esters is 1. The van der Waals surface area contributed by atoms with Gasteiger partial charge in [0, 0.05) is 37.6 Å². The smallest absolute Gasteiger partial charge is 0.306 e. The van der Waals surface area contributed by atoms with E-state index in [-0.39, 0.29) is 37.0 Å². The first-order valence-corrected chi connectivity index (χ1v) is 17.9. The highest BCUT2D eigenvalue weighted by molar-refractivity contribution is 5.83. The Kier molecular flexibility index (Phi) is 16.4. The third-order valence-electron chi connectivity index (χ3n) is 8.14. The standard InChI is InChI=1S/C39H57N3O7/c1-28(2)48-35(43)24-11-9-7-6-8-10-17-25-40-36(44)34(42-38(46)49-39(3,4)5)23-16-18-26-41-37(45)47-27-33-31-21-14-12-19-29(31)30-20-13-15-22-32(30)33/h12-15,19-22,28,33-34H,6-11,16-18,23-27H2,1-5H3,(H,40,44)(H,41,45)(H,42,46)/p-2. The van der Waals surface area contributed by atoms with Crippen LogP contribution < -0.4 is 15.5 Å². The number of carbonyl (C=O) groups excluding carboxylic acids is 2. The fourth-order valence-corrected chi connectivity index (χ4v) is 5.86. The van der Waals surface area contributed by atoms with Gasteiger partial charge in [-0.05, 0) is 68.2 Å². The molecule has 0 bridgehead atoms. The molecule has 49 heavy (non-hydrogen) atoms. The molecule has 3 rings (SSSR count). The van der Waals surface area contributed by atoms with E-state index in [0.29, 0.717) is 32.2 Å². The van der Waals surface area contributed by atoms with Crippen LogP contribution in [0.4, 0.5) is 0 Å². The highest BCUT2D eigenvalue weighted by Crippen LogP contribution is 2.44. The molecular weight excluding hydrogens is 622 g/mol. The Morgan fingerprint density at radius 1 is 0.816 bits per heavy atom. The minimum absolute atomic E-state index is 0.0291. The molecule has 1 amide bonds. The molecule has 0 aliphatic heterocycles. The van der Waals surface area contributed by atoms with Crippen LogP contribution in [0.5, 0.6) is 0 Å². The number of ether oxygens (including phenoxy) is 3. The fourth-order valence-electron chi connectivity index (χ4n) is 5.86. The summed E-state index contributed by atoms with van der Waals surface area (Å²) >= 11 is 0. The molecule has 2 aromatic rings. The predicted octanol–water partition coefficient (Wildman–Crippen LogP) is 5.79. The minimum atomic E-state index is -0.883. The maximum absolute atomic E-state index is 13.0. The molecule has 10 heteroatoms. The van der Waals surface area contributed by atoms with Gasteiger partial charge in [-0.25, -0.2) is 0 Å². The van der Waals surface area contributed by atoms with Crippen LogP contribution in [0.3, 0.4) is 0 Å². The van der Waals surface area contributed by atoms with E-state index in [4.69, 9.17) is 14.2 Å². The first kappa shape index (κ1) is 39.4. The van der Waals surface area contributed by atoms with Gasteiger partial charge >= 0.3 is 5.97 Å². The van der Waals surface area contributed by atoms with Gasteiger partial charge < -0.3 is 29.7 Å². The van der Waals surface area contributed by atoms with Crippen molar-refractivity contribution in [1.82, 2.24) is 5.32 Å². The zero-order valence-corrected chi connectivity index (χ0v) is 30.0. The monoisotopic (exact) mass is 677 g/mol. The number of amides is 1. The van der Waals surface area contributed by atoms with Crippen molar-refractivity contribution < 1.29 is 34.0 Å². The summed E-state index contributed by atoms with van der Waals surface area (Å²) in [5.74, 6) is -0.475. The van der Waals surface area contributed by atoms with Gasteiger partial charge in [-0.15, -0.1) is 0 Å². The van der Waals surface area contributed by atoms with Crippen LogP contribution in [0.25, 0.3) is 11.1 Å². The summed E-state index contributed by atoms with van der Waals surface area (Å²) < 4.78 is 16.0. The van der Waals surface area contributed by atoms with Crippen molar-refractivity contribution >= 4 is 24.0 Å². The predicted molar refractivity (Wildman–Crippen MR) is 189 cm³/mol. The molecule has 0 saturated carbocycles. The largest absolute Gasteiger partial charge is 0.599 e. The SMILES string of the molecule is CC(C)OC(=O)CCCCCCCCCNC(=O)C(CCCCN=C([O-])OCC1c2ccccc2-c2ccccc21)N=C([O-])OC(C)(C)C. The Hall–Kier alpha value is -4.08. The maximum atomic E-state index is 13.0. The number of benzene rings is 2. The Bertz CT molecular complexity index is 1340. The van der Waals surface area contributed by atoms with Gasteiger partial charge in [0.25, 0.3) is 0 Å². The second kappa shape index (κ2) is 20.4. The molecule has 0 fully saturated rings. The lowest BCUT2D eigenvalue weighted by Gasteiger charge is -2.30. The van der Waals surface area contributed by atoms with E-state index in [0.717, 1.165) is 67.2 Å². The average molecular weight is 678 g/mol. The van der Waals surface area contributed by atoms with Gasteiger partial charge in [-0.1, -0.05) is 101 Å². The lowest BCUT2D eigenvalue weighted by atomic mass is 9.98. The highest BCUT2D eigenvalue weighted by atomic mass is 16.6. The number of rotatable bonds is 20. The Labute approximate surface area is 292 Å². The Morgan fingerprint density at radius 3 is 2.02 bits per heavy atom. The first-order chi connectivity index (χ1) is 23.4. The zero-order chi connectivity index (χ0) is 35.6. The van der Waals surface area contributed by atoms with Crippen LogP contribution in [0.1, 0.15) is 122 Å². The molecule has 1 aliphatic carbocycles. The number of unbranched alkanes of at least 4 members (excludes halogenated alkanes) is 7. The number of nitrogens with zero attached hydrogens (tertiary/aromatic N) is 2. The van der Waals surface area contributed by atoms with E-state index in [1.54, 1.807) is 20.8 Å². The summed E-state index contributed by atoms with van der Waals surface area (Å²) in [7, 11) is 0. The molecule has 0 aromatic heterocycles. The maximum Gasteiger partial charge on any atom is 0.306 e. The van der Waals surface area contributed by atoms with Crippen molar-refractivity contribution in [3.05, 3.63) is 59.7 Å². The van der Waals surface area contributed by atoms with Gasteiger partial charge in [0.05, 0.1) is 6.10 Å². The number of fused-ring (bicyclic) bond motifs is 3. The van der Waals surface area contributed by atoms with E-state index in [1.165, 1.54) is 0 Å². The Morgan fingerprint density at radius 2 is 1.41 bits per heavy atom. The van der Waals surface area contributed by atoms with Crippen LogP contribution in [0, 0.1) is 0 Å². The van der Waals surface area contributed by atoms with Gasteiger partial charge in [0.2, 0.25) is 5.91 Å². The van der Waals surface area contributed by atoms with Crippen molar-refractivity contribution in [3.63, 3.8) is 0 Å². The summed E-state index contributed by atoms with van der Waals surface area (Å²) in [5.41, 5.74) is 3.89. The first-order valence-electron chi connectivity index (χ1n) is 17.9. The summed E-state index contributed by atoms with van der Waals surface area (Å²) in [6, 6.07) is 15.4. The van der Waals surface area contributed by atoms with Crippen LogP contribution in [0.2, 0.25) is 0 Å². The lowest BCUT2D eigenvalue weighted by Crippen LogP contribution is -2.38. The van der Waals surface area contributed by atoms with E-state index in [9.17, 15) is 19.8 Å². The second-order valence-corrected chi connectivity index (χ2v) is 13.9. The third-order valence-corrected chi connectivity index (χ3v) is 8.14. The topological polar surface area (TPSA) is 145 Å². The van der Waals surface area contributed by atoms with Crippen LogP contribution in [0.15, 0.2) is 58.5 Å². The molecule has 1 atom stereocenters. The number of aliphatic imine (C=N–C) groups is 2. The molecule has 270 valence electrons. The third kappa shape index (κ3) is 14.5. The normalized spacial score (nSPS) is 13.9. The van der Waals surface area contributed by atoms with Crippen molar-refractivity contribution in [2.75, 3.05) is 19.7 Å². The minimum Gasteiger partial charge on any atom is -0.599 e. The number of nitrogens with one attached hydrogen (secondary N) is 1. The summed E-state index contributed by atoms with van der Waals surface area (Å²) in [5, 5.41) is 27.8. The zero-order valence-electron chi connectivity index (χ0n) is 30.0. The van der Waals surface area contributed by atoms with E-state index < -0.39 is 23.8 Å². The molecule has 10 nitrogen and oxygen atoms in total. The molecule has 2 aromatic carbocycles. The fraction of sp³-hybridized carbons (Fsp3) is 0.590. The second-order valence-electron chi connectivity index (χ2n) is 13.9. The van der Waals surface area contributed by atoms with Crippen LogP contribution in [-0.4, -0.2) is 61.5 Å². The van der Waals surface area contributed by atoms with Gasteiger partial charge in [0.15, 0.2) is 0 Å². The average Bonchev–Trinajstić information content (AvgIpc) is 3.36. The number of carbonyl (C=O) groups is 2. The van der Waals surface area contributed by atoms with E-state index >= 15 is 0 Å². The van der Waals surface area contributed by atoms with Crippen LogP contribution >= 0.6 is 0 Å². The molecule has 0 saturated heterocycles. The molecule has 0 radical (unpaired) electrons. The quantitative estimate of drug-likeness (QED) is 0.0808. The van der Waals surface area contributed by atoms with Crippen molar-refractivity contribution in [3.8, 4) is 11.1 Å². The van der Waals surface area contributed by atoms with E-state index in [1.807, 2.05) is 38.1 Å². The molecule has 1 unspecified atom stereocenters. The van der Waals surface area contributed by atoms with Gasteiger partial charge in [-0.2, -0.15) is 0 Å². The van der Waals surface area contributed by atoms with Crippen LogP contribution in [-0.2, 0) is 23.8 Å².